The maximum absolute atomic E-state index is 12.3. The lowest BCUT2D eigenvalue weighted by Gasteiger charge is -2.06. The molecule has 3 nitrogen and oxygen atoms in total. The van der Waals surface area contributed by atoms with Crippen molar-refractivity contribution in [1.82, 2.24) is 4.31 Å². The van der Waals surface area contributed by atoms with Gasteiger partial charge in [-0.25, -0.2) is 8.42 Å². The summed E-state index contributed by atoms with van der Waals surface area (Å²) in [7, 11) is -3.30. The van der Waals surface area contributed by atoms with E-state index in [1.165, 1.54) is 19.3 Å². The Labute approximate surface area is 120 Å². The van der Waals surface area contributed by atoms with E-state index in [0.717, 1.165) is 12.8 Å². The molecule has 19 heavy (non-hydrogen) atoms. The number of unbranched alkanes of at least 4 members (excludes halogenated alkanes) is 3. The van der Waals surface area contributed by atoms with Crippen molar-refractivity contribution < 1.29 is 8.42 Å². The first-order chi connectivity index (χ1) is 9.05. The summed E-state index contributed by atoms with van der Waals surface area (Å²) in [6.45, 7) is 2.84. The molecule has 0 aliphatic carbocycles. The minimum Gasteiger partial charge on any atom is -0.207 e. The number of nitrogens with zero attached hydrogens (tertiary/aromatic N) is 1. The van der Waals surface area contributed by atoms with Crippen molar-refractivity contribution in [2.24, 2.45) is 0 Å². The summed E-state index contributed by atoms with van der Waals surface area (Å²) >= 11 is 5.78. The zero-order valence-corrected chi connectivity index (χ0v) is 12.8. The Hall–Kier alpha value is -0.580. The van der Waals surface area contributed by atoms with E-state index >= 15 is 0 Å². The quantitative estimate of drug-likeness (QED) is 0.569. The van der Waals surface area contributed by atoms with Crippen molar-refractivity contribution in [1.29, 1.82) is 0 Å². The van der Waals surface area contributed by atoms with Crippen LogP contribution in [-0.4, -0.2) is 25.3 Å². The van der Waals surface area contributed by atoms with Gasteiger partial charge in [-0.05, 0) is 30.7 Å². The highest BCUT2D eigenvalue weighted by Gasteiger charge is 2.43. The highest BCUT2D eigenvalue weighted by molar-refractivity contribution is 7.89. The van der Waals surface area contributed by atoms with E-state index in [1.807, 2.05) is 0 Å². The summed E-state index contributed by atoms with van der Waals surface area (Å²) in [5.74, 6) is 0. The Morgan fingerprint density at radius 2 is 1.89 bits per heavy atom. The first kappa shape index (κ1) is 14.8. The van der Waals surface area contributed by atoms with E-state index in [0.29, 0.717) is 16.5 Å². The van der Waals surface area contributed by atoms with Gasteiger partial charge in [0.25, 0.3) is 0 Å². The van der Waals surface area contributed by atoms with Crippen LogP contribution in [-0.2, 0) is 10.0 Å². The lowest BCUT2D eigenvalue weighted by atomic mass is 10.1. The predicted molar refractivity (Wildman–Crippen MR) is 77.9 cm³/mol. The molecule has 1 heterocycles. The van der Waals surface area contributed by atoms with Crippen LogP contribution in [0.15, 0.2) is 29.2 Å². The topological polar surface area (TPSA) is 37.1 Å². The fourth-order valence-corrected chi connectivity index (χ4v) is 3.98. The predicted octanol–water partition coefficient (Wildman–Crippen LogP) is 3.68. The maximum atomic E-state index is 12.3. The zero-order chi connectivity index (χ0) is 13.9. The molecular formula is C14H20ClNO2S. The van der Waals surface area contributed by atoms with E-state index in [1.54, 1.807) is 28.6 Å². The van der Waals surface area contributed by atoms with Crippen LogP contribution in [0.4, 0.5) is 0 Å². The first-order valence-electron chi connectivity index (χ1n) is 6.83. The highest BCUT2D eigenvalue weighted by Crippen LogP contribution is 2.31. The van der Waals surface area contributed by atoms with Crippen molar-refractivity contribution >= 4 is 21.6 Å². The number of hydrogen-bond donors (Lipinski definition) is 0. The van der Waals surface area contributed by atoms with Crippen molar-refractivity contribution in [3.8, 4) is 0 Å². The SMILES string of the molecule is CCCCCCC1CN1S(=O)(=O)c1ccc(Cl)cc1. The number of hydrogen-bond acceptors (Lipinski definition) is 2. The Morgan fingerprint density at radius 1 is 1.21 bits per heavy atom. The normalized spacial score (nSPS) is 22.4. The highest BCUT2D eigenvalue weighted by atomic mass is 35.5. The average Bonchev–Trinajstić information content (AvgIpc) is 3.15. The van der Waals surface area contributed by atoms with E-state index in [2.05, 4.69) is 6.92 Å². The molecule has 0 bridgehead atoms. The monoisotopic (exact) mass is 301 g/mol. The van der Waals surface area contributed by atoms with Crippen molar-refractivity contribution in [3.63, 3.8) is 0 Å². The standard InChI is InChI=1S/C14H20ClNO2S/c1-2-3-4-5-6-13-11-16(13)19(17,18)14-9-7-12(15)8-10-14/h7-10,13H,2-6,11H2,1H3. The molecule has 0 aromatic heterocycles. The van der Waals surface area contributed by atoms with E-state index in [9.17, 15) is 8.42 Å². The van der Waals surface area contributed by atoms with Gasteiger partial charge in [-0.3, -0.25) is 0 Å². The van der Waals surface area contributed by atoms with Gasteiger partial charge in [0.15, 0.2) is 0 Å². The zero-order valence-electron chi connectivity index (χ0n) is 11.2. The van der Waals surface area contributed by atoms with Gasteiger partial charge in [0.2, 0.25) is 10.0 Å². The summed E-state index contributed by atoms with van der Waals surface area (Å²) in [6.07, 6.45) is 5.73. The number of halogens is 1. The Morgan fingerprint density at radius 3 is 2.53 bits per heavy atom. The van der Waals surface area contributed by atoms with Crippen LogP contribution in [0.25, 0.3) is 0 Å². The van der Waals surface area contributed by atoms with Crippen LogP contribution >= 0.6 is 11.6 Å². The second-order valence-corrected chi connectivity index (χ2v) is 7.36. The molecule has 106 valence electrons. The molecule has 2 rings (SSSR count). The van der Waals surface area contributed by atoms with Crippen molar-refractivity contribution in [3.05, 3.63) is 29.3 Å². The third kappa shape index (κ3) is 3.71. The van der Waals surface area contributed by atoms with Gasteiger partial charge in [-0.1, -0.05) is 44.2 Å². The van der Waals surface area contributed by atoms with Crippen LogP contribution in [0.3, 0.4) is 0 Å². The summed E-state index contributed by atoms with van der Waals surface area (Å²) < 4.78 is 26.2. The summed E-state index contributed by atoms with van der Waals surface area (Å²) in [5.41, 5.74) is 0. The van der Waals surface area contributed by atoms with Gasteiger partial charge < -0.3 is 0 Å². The second-order valence-electron chi connectivity index (χ2n) is 5.03. The van der Waals surface area contributed by atoms with E-state index < -0.39 is 10.0 Å². The average molecular weight is 302 g/mol. The third-order valence-electron chi connectivity index (χ3n) is 3.48. The molecule has 1 aromatic rings. The van der Waals surface area contributed by atoms with Gasteiger partial charge in [0, 0.05) is 17.6 Å². The molecule has 0 radical (unpaired) electrons. The third-order valence-corrected chi connectivity index (χ3v) is 5.66. The Balaban J connectivity index is 1.90. The number of rotatable bonds is 7. The molecule has 0 saturated carbocycles. The molecule has 0 amide bonds. The Bertz CT molecular complexity index is 513. The molecule has 5 heteroatoms. The van der Waals surface area contributed by atoms with Gasteiger partial charge in [-0.2, -0.15) is 4.31 Å². The smallest absolute Gasteiger partial charge is 0.207 e. The minimum atomic E-state index is -3.30. The van der Waals surface area contributed by atoms with Gasteiger partial charge in [0.1, 0.15) is 0 Å². The molecule has 1 aliphatic heterocycles. The minimum absolute atomic E-state index is 0.206. The first-order valence-corrected chi connectivity index (χ1v) is 8.65. The van der Waals surface area contributed by atoms with Crippen LogP contribution < -0.4 is 0 Å². The fourth-order valence-electron chi connectivity index (χ4n) is 2.24. The number of benzene rings is 1. The van der Waals surface area contributed by atoms with Crippen molar-refractivity contribution in [2.45, 2.75) is 50.0 Å². The molecule has 0 N–H and O–H groups in total. The molecule has 1 aromatic carbocycles. The van der Waals surface area contributed by atoms with Gasteiger partial charge in [-0.15, -0.1) is 0 Å². The fraction of sp³-hybridized carbons (Fsp3) is 0.571. The molecule has 1 fully saturated rings. The van der Waals surface area contributed by atoms with E-state index in [4.69, 9.17) is 11.6 Å². The second kappa shape index (κ2) is 6.25. The van der Waals surface area contributed by atoms with Crippen LogP contribution in [0.2, 0.25) is 5.02 Å². The number of sulfonamides is 1. The molecule has 2 unspecified atom stereocenters. The van der Waals surface area contributed by atoms with Crippen LogP contribution in [0.5, 0.6) is 0 Å². The summed E-state index contributed by atoms with van der Waals surface area (Å²) in [6, 6.07) is 6.59. The van der Waals surface area contributed by atoms with Crippen LogP contribution in [0.1, 0.15) is 39.0 Å². The summed E-state index contributed by atoms with van der Waals surface area (Å²) in [4.78, 5) is 0.341. The lowest BCUT2D eigenvalue weighted by molar-refractivity contribution is 0.537. The van der Waals surface area contributed by atoms with Gasteiger partial charge >= 0.3 is 0 Å². The van der Waals surface area contributed by atoms with Gasteiger partial charge in [0.05, 0.1) is 4.90 Å². The maximum Gasteiger partial charge on any atom is 0.243 e. The van der Waals surface area contributed by atoms with Crippen LogP contribution in [0, 0.1) is 0 Å². The largest absolute Gasteiger partial charge is 0.243 e. The molecular weight excluding hydrogens is 282 g/mol. The summed E-state index contributed by atoms with van der Waals surface area (Å²) in [5, 5.41) is 0.556. The lowest BCUT2D eigenvalue weighted by Crippen LogP contribution is -2.14. The van der Waals surface area contributed by atoms with E-state index in [-0.39, 0.29) is 6.04 Å². The molecule has 1 aliphatic rings. The Kier molecular flexibility index (Phi) is 4.87. The molecule has 0 spiro atoms. The van der Waals surface area contributed by atoms with Crippen molar-refractivity contribution in [2.75, 3.05) is 6.54 Å². The molecule has 1 saturated heterocycles. The molecule has 2 atom stereocenters.